The molecule has 3 aromatic rings. The fraction of sp³-hybridized carbons (Fsp3) is 0.464. The molecule has 6 nitrogen and oxygen atoms in total. The Bertz CT molecular complexity index is 1060. The number of hydrogen-bond donors (Lipinski definition) is 1. The summed E-state index contributed by atoms with van der Waals surface area (Å²) in [5.74, 6) is 1.45. The van der Waals surface area contributed by atoms with Gasteiger partial charge in [-0.15, -0.1) is 0 Å². The van der Waals surface area contributed by atoms with Crippen LogP contribution in [0, 0.1) is 5.92 Å². The third-order valence-corrected chi connectivity index (χ3v) is 6.72. The number of benzene rings is 2. The minimum absolute atomic E-state index is 0.0496. The van der Waals surface area contributed by atoms with Gasteiger partial charge in [-0.2, -0.15) is 4.98 Å². The van der Waals surface area contributed by atoms with Gasteiger partial charge in [0.15, 0.2) is 0 Å². The van der Waals surface area contributed by atoms with Crippen LogP contribution >= 0.6 is 0 Å². The van der Waals surface area contributed by atoms with Crippen molar-refractivity contribution in [2.75, 3.05) is 13.1 Å². The highest BCUT2D eigenvalue weighted by Crippen LogP contribution is 2.26. The number of likely N-dealkylation sites (tertiary alicyclic amines) is 1. The molecule has 1 saturated heterocycles. The summed E-state index contributed by atoms with van der Waals surface area (Å²) >= 11 is 0. The number of amides is 1. The summed E-state index contributed by atoms with van der Waals surface area (Å²) in [7, 11) is 0. The predicted octanol–water partition coefficient (Wildman–Crippen LogP) is 5.51. The van der Waals surface area contributed by atoms with Crippen LogP contribution in [0.2, 0.25) is 0 Å². The predicted molar refractivity (Wildman–Crippen MR) is 134 cm³/mol. The molecule has 1 aliphatic heterocycles. The molecular weight excluding hydrogens is 424 g/mol. The number of hydrogen-bond acceptors (Lipinski definition) is 5. The fourth-order valence-electron chi connectivity index (χ4n) is 4.50. The second-order valence-corrected chi connectivity index (χ2v) is 10.3. The highest BCUT2D eigenvalue weighted by molar-refractivity contribution is 5.79. The van der Waals surface area contributed by atoms with Crippen LogP contribution < -0.4 is 5.32 Å². The van der Waals surface area contributed by atoms with Gasteiger partial charge in [-0.3, -0.25) is 9.69 Å². The van der Waals surface area contributed by atoms with Crippen LogP contribution in [0.1, 0.15) is 70.0 Å². The highest BCUT2D eigenvalue weighted by atomic mass is 16.5. The van der Waals surface area contributed by atoms with Gasteiger partial charge in [0.2, 0.25) is 17.6 Å². The smallest absolute Gasteiger partial charge is 0.241 e. The summed E-state index contributed by atoms with van der Waals surface area (Å²) in [6, 6.07) is 18.6. The van der Waals surface area contributed by atoms with Gasteiger partial charge in [-0.1, -0.05) is 87.4 Å². The molecule has 1 aliphatic rings. The van der Waals surface area contributed by atoms with E-state index in [1.807, 2.05) is 18.2 Å². The molecule has 2 heterocycles. The maximum Gasteiger partial charge on any atom is 0.241 e. The van der Waals surface area contributed by atoms with Gasteiger partial charge in [0, 0.05) is 11.5 Å². The minimum Gasteiger partial charge on any atom is -0.349 e. The molecule has 1 N–H and O–H groups in total. The maximum atomic E-state index is 12.9. The number of carbonyl (C=O) groups is 1. The van der Waals surface area contributed by atoms with Gasteiger partial charge >= 0.3 is 0 Å². The van der Waals surface area contributed by atoms with Crippen molar-refractivity contribution in [3.63, 3.8) is 0 Å². The van der Waals surface area contributed by atoms with Crippen molar-refractivity contribution in [3.8, 4) is 11.4 Å². The normalized spacial score (nSPS) is 16.4. The number of rotatable bonds is 7. The number of piperidine rings is 1. The zero-order valence-electron chi connectivity index (χ0n) is 20.8. The lowest BCUT2D eigenvalue weighted by molar-refractivity contribution is -0.127. The van der Waals surface area contributed by atoms with Gasteiger partial charge in [0.05, 0.1) is 12.6 Å². The molecule has 34 heavy (non-hydrogen) atoms. The van der Waals surface area contributed by atoms with Crippen molar-refractivity contribution in [3.05, 3.63) is 71.6 Å². The zero-order valence-corrected chi connectivity index (χ0v) is 20.8. The standard InChI is InChI=1S/C28H36N4O2/c1-5-24(20-9-7-6-8-10-20)29-27(33)22-15-17-32(18-16-22)19-25-30-26(31-34-25)21-11-13-23(14-12-21)28(2,3)4/h6-14,22,24H,5,15-19H2,1-4H3,(H,29,33). The Morgan fingerprint density at radius 1 is 1.09 bits per heavy atom. The molecule has 4 rings (SSSR count). The van der Waals surface area contributed by atoms with Gasteiger partial charge in [-0.05, 0) is 48.9 Å². The lowest BCUT2D eigenvalue weighted by atomic mass is 9.87. The fourth-order valence-corrected chi connectivity index (χ4v) is 4.50. The summed E-state index contributed by atoms with van der Waals surface area (Å²) in [5.41, 5.74) is 3.52. The zero-order chi connectivity index (χ0) is 24.1. The summed E-state index contributed by atoms with van der Waals surface area (Å²) in [4.78, 5) is 19.8. The lowest BCUT2D eigenvalue weighted by Crippen LogP contribution is -2.41. The van der Waals surface area contributed by atoms with Gasteiger partial charge in [0.25, 0.3) is 0 Å². The Kier molecular flexibility index (Phi) is 7.47. The van der Waals surface area contributed by atoms with E-state index in [2.05, 4.69) is 84.5 Å². The molecular formula is C28H36N4O2. The Balaban J connectivity index is 1.28. The lowest BCUT2D eigenvalue weighted by Gasteiger charge is -2.31. The highest BCUT2D eigenvalue weighted by Gasteiger charge is 2.27. The summed E-state index contributed by atoms with van der Waals surface area (Å²) in [5, 5.41) is 7.43. The quantitative estimate of drug-likeness (QED) is 0.503. The molecule has 1 fully saturated rings. The number of nitrogens with one attached hydrogen (secondary N) is 1. The van der Waals surface area contributed by atoms with Crippen molar-refractivity contribution >= 4 is 5.91 Å². The van der Waals surface area contributed by atoms with E-state index in [1.165, 1.54) is 5.56 Å². The summed E-state index contributed by atoms with van der Waals surface area (Å²) < 4.78 is 5.53. The molecule has 1 amide bonds. The van der Waals surface area contributed by atoms with Crippen LogP contribution in [-0.4, -0.2) is 34.0 Å². The minimum atomic E-state index is 0.0496. The van der Waals surface area contributed by atoms with Crippen molar-refractivity contribution in [2.45, 2.75) is 65.0 Å². The summed E-state index contributed by atoms with van der Waals surface area (Å²) in [6.07, 6.45) is 2.56. The Hall–Kier alpha value is -2.99. The molecule has 0 spiro atoms. The molecule has 6 heteroatoms. The molecule has 0 aliphatic carbocycles. The number of nitrogens with zero attached hydrogens (tertiary/aromatic N) is 3. The Morgan fingerprint density at radius 3 is 2.38 bits per heavy atom. The first-order chi connectivity index (χ1) is 16.3. The molecule has 180 valence electrons. The first kappa shape index (κ1) is 24.1. The molecule has 1 atom stereocenters. The number of carbonyl (C=O) groups excluding carboxylic acids is 1. The summed E-state index contributed by atoms with van der Waals surface area (Å²) in [6.45, 7) is 11.0. The van der Waals surface area contributed by atoms with E-state index in [1.54, 1.807) is 0 Å². The van der Waals surface area contributed by atoms with Crippen LogP contribution in [0.25, 0.3) is 11.4 Å². The second-order valence-electron chi connectivity index (χ2n) is 10.3. The molecule has 1 aromatic heterocycles. The van der Waals surface area contributed by atoms with Crippen molar-refractivity contribution < 1.29 is 9.32 Å². The number of aromatic nitrogens is 2. The van der Waals surface area contributed by atoms with E-state index in [9.17, 15) is 4.79 Å². The van der Waals surface area contributed by atoms with Crippen LogP contribution in [0.3, 0.4) is 0 Å². The maximum absolute atomic E-state index is 12.9. The van der Waals surface area contributed by atoms with Crippen LogP contribution in [0.5, 0.6) is 0 Å². The molecule has 1 unspecified atom stereocenters. The Labute approximate surface area is 202 Å². The van der Waals surface area contributed by atoms with E-state index < -0.39 is 0 Å². The van der Waals surface area contributed by atoms with Crippen molar-refractivity contribution in [2.24, 2.45) is 5.92 Å². The SMILES string of the molecule is CCC(NC(=O)C1CCN(Cc2nc(-c3ccc(C(C)(C)C)cc3)no2)CC1)c1ccccc1. The molecule has 0 saturated carbocycles. The third kappa shape index (κ3) is 5.92. The first-order valence-electron chi connectivity index (χ1n) is 12.3. The van der Waals surface area contributed by atoms with Crippen LogP contribution in [-0.2, 0) is 16.8 Å². The topological polar surface area (TPSA) is 71.3 Å². The third-order valence-electron chi connectivity index (χ3n) is 6.72. The van der Waals surface area contributed by atoms with Crippen LogP contribution in [0.4, 0.5) is 0 Å². The van der Waals surface area contributed by atoms with E-state index in [-0.39, 0.29) is 23.3 Å². The van der Waals surface area contributed by atoms with Crippen molar-refractivity contribution in [1.29, 1.82) is 0 Å². The Morgan fingerprint density at radius 2 is 1.76 bits per heavy atom. The van der Waals surface area contributed by atoms with E-state index in [0.717, 1.165) is 43.5 Å². The van der Waals surface area contributed by atoms with Crippen molar-refractivity contribution in [1.82, 2.24) is 20.4 Å². The van der Waals surface area contributed by atoms with Crippen LogP contribution in [0.15, 0.2) is 59.1 Å². The average molecular weight is 461 g/mol. The van der Waals surface area contributed by atoms with Gasteiger partial charge in [-0.25, -0.2) is 0 Å². The van der Waals surface area contributed by atoms with E-state index in [4.69, 9.17) is 4.52 Å². The second kappa shape index (κ2) is 10.5. The average Bonchev–Trinajstić information content (AvgIpc) is 3.31. The van der Waals surface area contributed by atoms with E-state index >= 15 is 0 Å². The monoisotopic (exact) mass is 460 g/mol. The largest absolute Gasteiger partial charge is 0.349 e. The van der Waals surface area contributed by atoms with E-state index in [0.29, 0.717) is 18.3 Å². The van der Waals surface area contributed by atoms with Gasteiger partial charge < -0.3 is 9.84 Å². The van der Waals surface area contributed by atoms with Gasteiger partial charge in [0.1, 0.15) is 0 Å². The molecule has 2 aromatic carbocycles. The first-order valence-corrected chi connectivity index (χ1v) is 12.3. The molecule has 0 bridgehead atoms. The molecule has 0 radical (unpaired) electrons.